The molecule has 2 amide bonds. The monoisotopic (exact) mass is 625 g/mol. The van der Waals surface area contributed by atoms with Crippen molar-refractivity contribution in [3.63, 3.8) is 0 Å². The van der Waals surface area contributed by atoms with Crippen LogP contribution >= 0.6 is 39.1 Å². The molecule has 0 fully saturated rings. The lowest BCUT2D eigenvalue weighted by atomic mass is 10.1. The van der Waals surface area contributed by atoms with Crippen molar-refractivity contribution in [3.05, 3.63) is 92.4 Å². The van der Waals surface area contributed by atoms with E-state index in [-0.39, 0.29) is 11.4 Å². The Balaban J connectivity index is 2.06. The summed E-state index contributed by atoms with van der Waals surface area (Å²) < 4.78 is 29.3. The van der Waals surface area contributed by atoms with Crippen molar-refractivity contribution in [1.29, 1.82) is 0 Å². The van der Waals surface area contributed by atoms with E-state index in [2.05, 4.69) is 21.2 Å². The summed E-state index contributed by atoms with van der Waals surface area (Å²) in [7, 11) is -2.68. The third kappa shape index (κ3) is 6.84. The van der Waals surface area contributed by atoms with Gasteiger partial charge in [0.1, 0.15) is 12.6 Å². The van der Waals surface area contributed by atoms with E-state index in [1.807, 2.05) is 6.92 Å². The summed E-state index contributed by atoms with van der Waals surface area (Å²) in [6, 6.07) is 16.9. The largest absolute Gasteiger partial charge is 0.357 e. The van der Waals surface area contributed by atoms with Gasteiger partial charge in [0, 0.05) is 33.7 Å². The summed E-state index contributed by atoms with van der Waals surface area (Å²) in [6.07, 6.45) is 0. The smallest absolute Gasteiger partial charge is 0.264 e. The number of aryl methyl sites for hydroxylation is 1. The lowest BCUT2D eigenvalue weighted by Gasteiger charge is -2.32. The summed E-state index contributed by atoms with van der Waals surface area (Å²) in [6.45, 7) is 2.76. The molecule has 0 saturated carbocycles. The van der Waals surface area contributed by atoms with Crippen LogP contribution in [-0.2, 0) is 26.2 Å². The number of carbonyl (C=O) groups excluding carboxylic acids is 2. The first kappa shape index (κ1) is 29.0. The van der Waals surface area contributed by atoms with E-state index in [0.29, 0.717) is 21.3 Å². The van der Waals surface area contributed by atoms with Gasteiger partial charge in [0.2, 0.25) is 11.8 Å². The van der Waals surface area contributed by atoms with Crippen molar-refractivity contribution in [2.45, 2.75) is 31.3 Å². The highest BCUT2D eigenvalue weighted by molar-refractivity contribution is 9.10. The van der Waals surface area contributed by atoms with Crippen molar-refractivity contribution in [1.82, 2.24) is 10.2 Å². The van der Waals surface area contributed by atoms with Crippen molar-refractivity contribution < 1.29 is 18.0 Å². The molecule has 3 aromatic rings. The standard InChI is InChI=1S/C26H26BrCl2N3O4S/c1-17-7-13-21(14-8-17)37(35,36)32(20-11-9-19(27)10-12-20)16-25(33)31(18(2)26(34)30-3)15-22-23(28)5-4-6-24(22)29/h4-14,18H,15-16H2,1-3H3,(H,30,34)/t18-/m1/s1. The summed E-state index contributed by atoms with van der Waals surface area (Å²) in [5.74, 6) is -1.03. The highest BCUT2D eigenvalue weighted by Crippen LogP contribution is 2.29. The van der Waals surface area contributed by atoms with Crippen LogP contribution in [0.2, 0.25) is 10.0 Å². The average molecular weight is 627 g/mol. The average Bonchev–Trinajstić information content (AvgIpc) is 2.87. The van der Waals surface area contributed by atoms with Crippen molar-refractivity contribution in [3.8, 4) is 0 Å². The minimum absolute atomic E-state index is 0.0360. The number of nitrogens with one attached hydrogen (secondary N) is 1. The van der Waals surface area contributed by atoms with Gasteiger partial charge < -0.3 is 10.2 Å². The maximum atomic E-state index is 13.8. The Morgan fingerprint density at radius 2 is 1.54 bits per heavy atom. The predicted octanol–water partition coefficient (Wildman–Crippen LogP) is 5.42. The highest BCUT2D eigenvalue weighted by Gasteiger charge is 2.32. The maximum Gasteiger partial charge on any atom is 0.264 e. The molecule has 11 heteroatoms. The van der Waals surface area contributed by atoms with E-state index in [9.17, 15) is 18.0 Å². The zero-order valence-corrected chi connectivity index (χ0v) is 24.3. The fraction of sp³-hybridized carbons (Fsp3) is 0.231. The van der Waals surface area contributed by atoms with Gasteiger partial charge >= 0.3 is 0 Å². The van der Waals surface area contributed by atoms with Gasteiger partial charge in [-0.05, 0) is 62.4 Å². The lowest BCUT2D eigenvalue weighted by molar-refractivity contribution is -0.139. The van der Waals surface area contributed by atoms with E-state index >= 15 is 0 Å². The molecule has 0 aromatic heterocycles. The first-order valence-corrected chi connectivity index (χ1v) is 14.2. The van der Waals surface area contributed by atoms with Crippen LogP contribution in [-0.4, -0.2) is 44.8 Å². The number of nitrogens with zero attached hydrogens (tertiary/aromatic N) is 2. The van der Waals surface area contributed by atoms with Gasteiger partial charge in [-0.15, -0.1) is 0 Å². The minimum Gasteiger partial charge on any atom is -0.357 e. The van der Waals surface area contributed by atoms with Gasteiger partial charge in [0.05, 0.1) is 10.6 Å². The highest BCUT2D eigenvalue weighted by atomic mass is 79.9. The van der Waals surface area contributed by atoms with Crippen molar-refractivity contribution >= 4 is 66.7 Å². The van der Waals surface area contributed by atoms with Crippen LogP contribution in [0.15, 0.2) is 76.1 Å². The van der Waals surface area contributed by atoms with Crippen molar-refractivity contribution in [2.75, 3.05) is 17.9 Å². The Bertz CT molecular complexity index is 1360. The van der Waals surface area contributed by atoms with Crippen LogP contribution in [0.5, 0.6) is 0 Å². The van der Waals surface area contributed by atoms with Gasteiger partial charge in [-0.25, -0.2) is 8.42 Å². The second-order valence-corrected chi connectivity index (χ2v) is 11.9. The molecule has 0 bridgehead atoms. The number of sulfonamides is 1. The normalized spacial score (nSPS) is 12.1. The molecule has 0 radical (unpaired) electrons. The maximum absolute atomic E-state index is 13.8. The fourth-order valence-electron chi connectivity index (χ4n) is 3.62. The summed E-state index contributed by atoms with van der Waals surface area (Å²) in [5, 5.41) is 3.18. The molecule has 3 rings (SSSR count). The minimum atomic E-state index is -4.14. The van der Waals surface area contributed by atoms with Crippen LogP contribution in [0.4, 0.5) is 5.69 Å². The molecule has 0 aliphatic rings. The third-order valence-corrected chi connectivity index (χ3v) is 8.83. The molecule has 7 nitrogen and oxygen atoms in total. The first-order chi connectivity index (χ1) is 17.4. The fourth-order valence-corrected chi connectivity index (χ4v) is 5.81. The molecule has 0 spiro atoms. The summed E-state index contributed by atoms with van der Waals surface area (Å²) >= 11 is 16.0. The number of hydrogen-bond donors (Lipinski definition) is 1. The number of benzene rings is 3. The molecule has 0 heterocycles. The van der Waals surface area contributed by atoms with E-state index in [1.54, 1.807) is 61.5 Å². The van der Waals surface area contributed by atoms with E-state index in [1.165, 1.54) is 24.1 Å². The van der Waals surface area contributed by atoms with E-state index < -0.39 is 34.4 Å². The van der Waals surface area contributed by atoms with Crippen LogP contribution < -0.4 is 9.62 Å². The van der Waals surface area contributed by atoms with Crippen LogP contribution in [0.25, 0.3) is 0 Å². The van der Waals surface area contributed by atoms with E-state index in [4.69, 9.17) is 23.2 Å². The predicted molar refractivity (Wildman–Crippen MR) is 150 cm³/mol. The molecular formula is C26H26BrCl2N3O4S. The molecule has 0 aliphatic carbocycles. The molecular weight excluding hydrogens is 601 g/mol. The number of anilines is 1. The second kappa shape index (κ2) is 12.3. The number of likely N-dealkylation sites (N-methyl/N-ethyl adjacent to an activating group) is 1. The van der Waals surface area contributed by atoms with Crippen LogP contribution in [0.1, 0.15) is 18.1 Å². The van der Waals surface area contributed by atoms with Crippen LogP contribution in [0, 0.1) is 6.92 Å². The van der Waals surface area contributed by atoms with Gasteiger partial charge in [0.25, 0.3) is 10.0 Å². The van der Waals surface area contributed by atoms with Gasteiger partial charge in [-0.3, -0.25) is 13.9 Å². The molecule has 1 atom stereocenters. The number of rotatable bonds is 9. The lowest BCUT2D eigenvalue weighted by Crippen LogP contribution is -2.50. The molecule has 37 heavy (non-hydrogen) atoms. The zero-order valence-electron chi connectivity index (χ0n) is 20.4. The first-order valence-electron chi connectivity index (χ1n) is 11.2. The Morgan fingerprint density at radius 3 is 2.08 bits per heavy atom. The number of hydrogen-bond acceptors (Lipinski definition) is 4. The Kier molecular flexibility index (Phi) is 9.63. The van der Waals surface area contributed by atoms with Crippen molar-refractivity contribution in [2.24, 2.45) is 0 Å². The third-order valence-electron chi connectivity index (χ3n) is 5.81. The number of amides is 2. The van der Waals surface area contributed by atoms with Gasteiger partial charge in [-0.1, -0.05) is 62.9 Å². The molecule has 1 N–H and O–H groups in total. The molecule has 0 saturated heterocycles. The van der Waals surface area contributed by atoms with Gasteiger partial charge in [-0.2, -0.15) is 0 Å². The number of halogens is 3. The quantitative estimate of drug-likeness (QED) is 0.344. The second-order valence-electron chi connectivity index (χ2n) is 8.31. The van der Waals surface area contributed by atoms with Crippen LogP contribution in [0.3, 0.4) is 0 Å². The molecule has 3 aromatic carbocycles. The summed E-state index contributed by atoms with van der Waals surface area (Å²) in [4.78, 5) is 27.6. The summed E-state index contributed by atoms with van der Waals surface area (Å²) in [5.41, 5.74) is 1.64. The Morgan fingerprint density at radius 1 is 0.973 bits per heavy atom. The molecule has 0 aliphatic heterocycles. The van der Waals surface area contributed by atoms with E-state index in [0.717, 1.165) is 14.3 Å². The number of carbonyl (C=O) groups is 2. The molecule has 196 valence electrons. The topological polar surface area (TPSA) is 86.8 Å². The Hall–Kier alpha value is -2.59. The zero-order chi connectivity index (χ0) is 27.3. The Labute approximate surface area is 235 Å². The SMILES string of the molecule is CNC(=O)[C@@H](C)N(Cc1c(Cl)cccc1Cl)C(=O)CN(c1ccc(Br)cc1)S(=O)(=O)c1ccc(C)cc1. The van der Waals surface area contributed by atoms with Gasteiger partial charge in [0.15, 0.2) is 0 Å². The molecule has 0 unspecified atom stereocenters.